The minimum absolute atomic E-state index is 0.265. The largest absolute Gasteiger partial charge is 0.479 e. The van der Waals surface area contributed by atoms with Crippen molar-refractivity contribution in [2.45, 2.75) is 12.5 Å². The van der Waals surface area contributed by atoms with Gasteiger partial charge in [0.05, 0.1) is 11.6 Å². The van der Waals surface area contributed by atoms with Crippen LogP contribution < -0.4 is 0 Å². The standard InChI is InChI=1S/C11H11NO3/c1-15-10(11(13)14)6-8-3-2-4-9(5-8)7-12/h2-5,10H,6H2,1H3,(H,13,14). The smallest absolute Gasteiger partial charge is 0.333 e. The second-order valence-electron chi connectivity index (χ2n) is 3.08. The van der Waals surface area contributed by atoms with Crippen LogP contribution in [0.25, 0.3) is 0 Å². The van der Waals surface area contributed by atoms with Crippen molar-refractivity contribution < 1.29 is 14.6 Å². The van der Waals surface area contributed by atoms with Crippen LogP contribution in [0.4, 0.5) is 0 Å². The third kappa shape index (κ3) is 3.08. The molecule has 1 N–H and O–H groups in total. The zero-order valence-electron chi connectivity index (χ0n) is 8.30. The van der Waals surface area contributed by atoms with E-state index in [9.17, 15) is 4.79 Å². The molecule has 1 atom stereocenters. The Morgan fingerprint density at radius 3 is 2.93 bits per heavy atom. The number of carboxylic acids is 1. The second kappa shape index (κ2) is 5.13. The van der Waals surface area contributed by atoms with E-state index in [1.54, 1.807) is 24.3 Å². The van der Waals surface area contributed by atoms with Crippen molar-refractivity contribution in [3.05, 3.63) is 35.4 Å². The van der Waals surface area contributed by atoms with Crippen molar-refractivity contribution in [1.82, 2.24) is 0 Å². The van der Waals surface area contributed by atoms with E-state index in [2.05, 4.69) is 0 Å². The van der Waals surface area contributed by atoms with Gasteiger partial charge in [-0.25, -0.2) is 4.79 Å². The van der Waals surface area contributed by atoms with E-state index in [1.165, 1.54) is 7.11 Å². The summed E-state index contributed by atoms with van der Waals surface area (Å²) in [5, 5.41) is 17.4. The molecule has 1 aromatic carbocycles. The number of nitriles is 1. The Balaban J connectivity index is 2.80. The van der Waals surface area contributed by atoms with Crippen LogP contribution in [-0.4, -0.2) is 24.3 Å². The molecule has 4 nitrogen and oxygen atoms in total. The molecule has 0 aromatic heterocycles. The highest BCUT2D eigenvalue weighted by Gasteiger charge is 2.16. The lowest BCUT2D eigenvalue weighted by Crippen LogP contribution is -2.24. The topological polar surface area (TPSA) is 70.3 Å². The molecule has 0 amide bonds. The minimum atomic E-state index is -1.00. The molecule has 0 aliphatic carbocycles. The number of rotatable bonds is 4. The molecule has 0 aliphatic rings. The van der Waals surface area contributed by atoms with E-state index in [0.29, 0.717) is 5.56 Å². The lowest BCUT2D eigenvalue weighted by atomic mass is 10.1. The van der Waals surface area contributed by atoms with Gasteiger partial charge in [-0.15, -0.1) is 0 Å². The van der Waals surface area contributed by atoms with Crippen LogP contribution in [0.2, 0.25) is 0 Å². The van der Waals surface area contributed by atoms with Crippen LogP contribution in [0.15, 0.2) is 24.3 Å². The SMILES string of the molecule is COC(Cc1cccc(C#N)c1)C(=O)O. The number of aliphatic carboxylic acids is 1. The molecule has 0 radical (unpaired) electrons. The maximum Gasteiger partial charge on any atom is 0.333 e. The number of hydrogen-bond donors (Lipinski definition) is 1. The zero-order chi connectivity index (χ0) is 11.3. The van der Waals surface area contributed by atoms with Gasteiger partial charge in [0.1, 0.15) is 0 Å². The van der Waals surface area contributed by atoms with Crippen molar-refractivity contribution >= 4 is 5.97 Å². The van der Waals surface area contributed by atoms with Gasteiger partial charge in [-0.2, -0.15) is 5.26 Å². The molecule has 0 heterocycles. The first-order valence-corrected chi connectivity index (χ1v) is 4.42. The summed E-state index contributed by atoms with van der Waals surface area (Å²) in [6, 6.07) is 8.83. The molecular formula is C11H11NO3. The monoisotopic (exact) mass is 205 g/mol. The number of nitrogens with zero attached hydrogens (tertiary/aromatic N) is 1. The maximum atomic E-state index is 10.7. The fourth-order valence-electron chi connectivity index (χ4n) is 1.25. The Labute approximate surface area is 87.7 Å². The van der Waals surface area contributed by atoms with Crippen LogP contribution in [0, 0.1) is 11.3 Å². The average Bonchev–Trinajstić information content (AvgIpc) is 2.25. The molecule has 0 fully saturated rings. The van der Waals surface area contributed by atoms with Gasteiger partial charge in [0.15, 0.2) is 6.10 Å². The third-order valence-corrected chi connectivity index (χ3v) is 2.04. The summed E-state index contributed by atoms with van der Waals surface area (Å²) in [5.41, 5.74) is 1.30. The van der Waals surface area contributed by atoms with Gasteiger partial charge >= 0.3 is 5.97 Å². The van der Waals surface area contributed by atoms with E-state index >= 15 is 0 Å². The Kier molecular flexibility index (Phi) is 3.83. The van der Waals surface area contributed by atoms with Crippen molar-refractivity contribution in [2.24, 2.45) is 0 Å². The summed E-state index contributed by atoms with van der Waals surface area (Å²) in [4.78, 5) is 10.7. The first-order chi connectivity index (χ1) is 7.17. The molecule has 4 heteroatoms. The normalized spacial score (nSPS) is 11.7. The molecule has 1 aromatic rings. The van der Waals surface area contributed by atoms with Gasteiger partial charge in [-0.1, -0.05) is 12.1 Å². The fraction of sp³-hybridized carbons (Fsp3) is 0.273. The van der Waals surface area contributed by atoms with Gasteiger partial charge < -0.3 is 9.84 Å². The summed E-state index contributed by atoms with van der Waals surface area (Å²) < 4.78 is 4.81. The van der Waals surface area contributed by atoms with Crippen LogP contribution in [0.3, 0.4) is 0 Å². The predicted octanol–water partition coefficient (Wildman–Crippen LogP) is 1.20. The van der Waals surface area contributed by atoms with Crippen molar-refractivity contribution in [3.63, 3.8) is 0 Å². The highest BCUT2D eigenvalue weighted by Crippen LogP contribution is 2.08. The lowest BCUT2D eigenvalue weighted by molar-refractivity contribution is -0.148. The Hall–Kier alpha value is -1.86. The Morgan fingerprint density at radius 1 is 1.67 bits per heavy atom. The number of carboxylic acid groups (broad SMARTS) is 1. The van der Waals surface area contributed by atoms with E-state index in [-0.39, 0.29) is 6.42 Å². The molecule has 0 saturated heterocycles. The van der Waals surface area contributed by atoms with Gasteiger partial charge in [0.2, 0.25) is 0 Å². The number of carbonyl (C=O) groups is 1. The molecule has 0 aliphatic heterocycles. The maximum absolute atomic E-state index is 10.7. The highest BCUT2D eigenvalue weighted by molar-refractivity contribution is 5.72. The Morgan fingerprint density at radius 2 is 2.40 bits per heavy atom. The quantitative estimate of drug-likeness (QED) is 0.801. The Bertz CT molecular complexity index is 395. The van der Waals surface area contributed by atoms with E-state index in [4.69, 9.17) is 15.1 Å². The van der Waals surface area contributed by atoms with Crippen LogP contribution >= 0.6 is 0 Å². The van der Waals surface area contributed by atoms with E-state index in [0.717, 1.165) is 5.56 Å². The summed E-state index contributed by atoms with van der Waals surface area (Å²) in [6.45, 7) is 0. The fourth-order valence-corrected chi connectivity index (χ4v) is 1.25. The first-order valence-electron chi connectivity index (χ1n) is 4.42. The predicted molar refractivity (Wildman–Crippen MR) is 53.3 cm³/mol. The highest BCUT2D eigenvalue weighted by atomic mass is 16.5. The van der Waals surface area contributed by atoms with Crippen LogP contribution in [-0.2, 0) is 16.0 Å². The third-order valence-electron chi connectivity index (χ3n) is 2.04. The molecule has 0 saturated carbocycles. The molecule has 78 valence electrons. The molecule has 1 unspecified atom stereocenters. The minimum Gasteiger partial charge on any atom is -0.479 e. The number of ether oxygens (including phenoxy) is 1. The van der Waals surface area contributed by atoms with Crippen molar-refractivity contribution in [1.29, 1.82) is 5.26 Å². The average molecular weight is 205 g/mol. The molecular weight excluding hydrogens is 194 g/mol. The van der Waals surface area contributed by atoms with Crippen molar-refractivity contribution in [3.8, 4) is 6.07 Å². The first kappa shape index (κ1) is 11.2. The number of hydrogen-bond acceptors (Lipinski definition) is 3. The summed E-state index contributed by atoms with van der Waals surface area (Å²) >= 11 is 0. The van der Waals surface area contributed by atoms with Gasteiger partial charge in [-0.3, -0.25) is 0 Å². The van der Waals surface area contributed by atoms with Gasteiger partial charge in [0, 0.05) is 13.5 Å². The molecule has 1 rings (SSSR count). The number of benzene rings is 1. The van der Waals surface area contributed by atoms with Crippen molar-refractivity contribution in [2.75, 3.05) is 7.11 Å². The van der Waals surface area contributed by atoms with Crippen LogP contribution in [0.5, 0.6) is 0 Å². The lowest BCUT2D eigenvalue weighted by Gasteiger charge is -2.09. The van der Waals surface area contributed by atoms with Crippen LogP contribution in [0.1, 0.15) is 11.1 Å². The molecule has 0 bridgehead atoms. The summed E-state index contributed by atoms with van der Waals surface area (Å²) in [5.74, 6) is -1.00. The summed E-state index contributed by atoms with van der Waals surface area (Å²) in [6.07, 6.45) is -0.597. The van der Waals surface area contributed by atoms with E-state index in [1.807, 2.05) is 6.07 Å². The van der Waals surface area contributed by atoms with E-state index < -0.39 is 12.1 Å². The van der Waals surface area contributed by atoms with Gasteiger partial charge in [0.25, 0.3) is 0 Å². The molecule has 0 spiro atoms. The van der Waals surface area contributed by atoms with Gasteiger partial charge in [-0.05, 0) is 17.7 Å². The number of methoxy groups -OCH3 is 1. The zero-order valence-corrected chi connectivity index (χ0v) is 8.30. The molecule has 15 heavy (non-hydrogen) atoms. The second-order valence-corrected chi connectivity index (χ2v) is 3.08. The summed E-state index contributed by atoms with van der Waals surface area (Å²) in [7, 11) is 1.35.